The molecular formula is C22H26N4O3S. The third kappa shape index (κ3) is 5.43. The zero-order valence-corrected chi connectivity index (χ0v) is 17.9. The van der Waals surface area contributed by atoms with Gasteiger partial charge >= 0.3 is 0 Å². The van der Waals surface area contributed by atoms with Gasteiger partial charge in [0.2, 0.25) is 0 Å². The van der Waals surface area contributed by atoms with E-state index in [0.717, 1.165) is 37.0 Å². The van der Waals surface area contributed by atoms with Crippen LogP contribution in [0.25, 0.3) is 11.6 Å². The Morgan fingerprint density at radius 2 is 2.20 bits per heavy atom. The van der Waals surface area contributed by atoms with E-state index in [1.165, 1.54) is 11.0 Å². The van der Waals surface area contributed by atoms with Crippen molar-refractivity contribution in [2.75, 3.05) is 13.7 Å². The number of nitrogens with one attached hydrogen (secondary N) is 1. The van der Waals surface area contributed by atoms with Crippen molar-refractivity contribution in [3.05, 3.63) is 49.6 Å². The van der Waals surface area contributed by atoms with E-state index in [2.05, 4.69) is 10.3 Å². The summed E-state index contributed by atoms with van der Waals surface area (Å²) < 4.78 is 7.44. The van der Waals surface area contributed by atoms with Crippen LogP contribution in [0.4, 0.5) is 0 Å². The van der Waals surface area contributed by atoms with E-state index in [0.29, 0.717) is 34.5 Å². The van der Waals surface area contributed by atoms with Crippen LogP contribution >= 0.6 is 11.3 Å². The molecule has 3 rings (SSSR count). The quantitative estimate of drug-likeness (QED) is 0.673. The van der Waals surface area contributed by atoms with Gasteiger partial charge in [0.1, 0.15) is 10.7 Å². The van der Waals surface area contributed by atoms with Crippen LogP contribution in [-0.2, 0) is 16.1 Å². The molecule has 1 aliphatic carbocycles. The monoisotopic (exact) mass is 426 g/mol. The number of ether oxygens (including phenoxy) is 1. The molecule has 0 aromatic carbocycles. The van der Waals surface area contributed by atoms with Crippen molar-refractivity contribution < 1.29 is 9.53 Å². The largest absolute Gasteiger partial charge is 0.385 e. The highest BCUT2D eigenvalue weighted by Gasteiger charge is 2.20. The summed E-state index contributed by atoms with van der Waals surface area (Å²) in [6.45, 7) is 0.855. The van der Waals surface area contributed by atoms with Gasteiger partial charge in [-0.2, -0.15) is 5.26 Å². The van der Waals surface area contributed by atoms with E-state index in [1.54, 1.807) is 31.5 Å². The number of nitriles is 1. The molecule has 158 valence electrons. The maximum Gasteiger partial charge on any atom is 0.269 e. The minimum Gasteiger partial charge on any atom is -0.385 e. The number of hydrogen-bond donors (Lipinski definition) is 1. The van der Waals surface area contributed by atoms with E-state index >= 15 is 0 Å². The molecule has 2 aromatic heterocycles. The predicted octanol–water partition coefficient (Wildman–Crippen LogP) is 1.29. The standard InChI is InChI=1S/C22H26N4O3S/c1-29-13-7-12-26-21(28)19(14-17-10-5-6-11-24-17)30-22(26)18(15-23)20(27)25-16-8-3-2-4-9-16/h5-6,10-11,14,16H,2-4,7-9,12-13H2,1H3,(H,25,27). The van der Waals surface area contributed by atoms with Crippen molar-refractivity contribution in [1.82, 2.24) is 14.9 Å². The number of amides is 1. The van der Waals surface area contributed by atoms with Gasteiger partial charge in [-0.15, -0.1) is 11.3 Å². The van der Waals surface area contributed by atoms with E-state index in [9.17, 15) is 14.9 Å². The highest BCUT2D eigenvalue weighted by atomic mass is 32.1. The highest BCUT2D eigenvalue weighted by Crippen LogP contribution is 2.17. The van der Waals surface area contributed by atoms with Crippen LogP contribution in [0, 0.1) is 11.3 Å². The van der Waals surface area contributed by atoms with Gasteiger partial charge in [0.15, 0.2) is 5.57 Å². The molecule has 0 bridgehead atoms. The van der Waals surface area contributed by atoms with Gasteiger partial charge in [0.25, 0.3) is 11.5 Å². The van der Waals surface area contributed by atoms with E-state index in [4.69, 9.17) is 4.74 Å². The van der Waals surface area contributed by atoms with E-state index in [-0.39, 0.29) is 17.2 Å². The first-order chi connectivity index (χ1) is 14.6. The third-order valence-corrected chi connectivity index (χ3v) is 6.23. The molecule has 1 N–H and O–H groups in total. The lowest BCUT2D eigenvalue weighted by atomic mass is 9.95. The van der Waals surface area contributed by atoms with Gasteiger partial charge in [-0.1, -0.05) is 25.3 Å². The van der Waals surface area contributed by atoms with Gasteiger partial charge in [-0.05, 0) is 37.5 Å². The number of methoxy groups -OCH3 is 1. The minimum atomic E-state index is -0.407. The molecule has 0 spiro atoms. The third-order valence-electron chi connectivity index (χ3n) is 5.10. The average Bonchev–Trinajstić information content (AvgIpc) is 3.05. The number of carbonyl (C=O) groups is 1. The molecule has 0 unspecified atom stereocenters. The zero-order chi connectivity index (χ0) is 21.3. The molecule has 2 heterocycles. The maximum atomic E-state index is 13.0. The maximum absolute atomic E-state index is 13.0. The van der Waals surface area contributed by atoms with Crippen molar-refractivity contribution >= 4 is 28.9 Å². The second-order valence-electron chi connectivity index (χ2n) is 7.27. The molecule has 1 amide bonds. The molecule has 0 saturated heterocycles. The lowest BCUT2D eigenvalue weighted by molar-refractivity contribution is -0.116. The molecule has 1 fully saturated rings. The van der Waals surface area contributed by atoms with E-state index in [1.807, 2.05) is 12.1 Å². The molecular weight excluding hydrogens is 400 g/mol. The second-order valence-corrected chi connectivity index (χ2v) is 8.30. The summed E-state index contributed by atoms with van der Waals surface area (Å²) in [7, 11) is 1.60. The second kappa shape index (κ2) is 10.9. The van der Waals surface area contributed by atoms with Crippen LogP contribution < -0.4 is 20.1 Å². The van der Waals surface area contributed by atoms with Crippen molar-refractivity contribution in [3.8, 4) is 6.07 Å². The fourth-order valence-electron chi connectivity index (χ4n) is 3.57. The van der Waals surface area contributed by atoms with Crippen LogP contribution in [0.1, 0.15) is 44.2 Å². The fraction of sp³-hybridized carbons (Fsp3) is 0.455. The number of aromatic nitrogens is 2. The fourth-order valence-corrected chi connectivity index (χ4v) is 4.68. The summed E-state index contributed by atoms with van der Waals surface area (Å²) in [5.41, 5.74) is 0.410. The van der Waals surface area contributed by atoms with Crippen molar-refractivity contribution in [3.63, 3.8) is 0 Å². The Labute approximate surface area is 179 Å². The van der Waals surface area contributed by atoms with Crippen molar-refractivity contribution in [1.29, 1.82) is 5.26 Å². The predicted molar refractivity (Wildman–Crippen MR) is 116 cm³/mol. The van der Waals surface area contributed by atoms with Crippen molar-refractivity contribution in [2.45, 2.75) is 51.1 Å². The Bertz CT molecular complexity index is 1080. The molecule has 7 nitrogen and oxygen atoms in total. The van der Waals surface area contributed by atoms with Crippen LogP contribution in [0.5, 0.6) is 0 Å². The normalized spacial score (nSPS) is 16.2. The Hall–Kier alpha value is -2.76. The summed E-state index contributed by atoms with van der Waals surface area (Å²) in [5, 5.41) is 12.7. The summed E-state index contributed by atoms with van der Waals surface area (Å²) in [6.07, 6.45) is 9.14. The first kappa shape index (κ1) is 21.9. The van der Waals surface area contributed by atoms with Gasteiger partial charge in [-0.3, -0.25) is 19.1 Å². The Kier molecular flexibility index (Phi) is 7.94. The Morgan fingerprint density at radius 1 is 1.40 bits per heavy atom. The average molecular weight is 427 g/mol. The summed E-state index contributed by atoms with van der Waals surface area (Å²) in [6, 6.07) is 7.57. The summed E-state index contributed by atoms with van der Waals surface area (Å²) in [4.78, 5) is 30.2. The first-order valence-electron chi connectivity index (χ1n) is 10.2. The number of pyridine rings is 1. The topological polar surface area (TPSA) is 97.0 Å². The van der Waals surface area contributed by atoms with E-state index < -0.39 is 5.91 Å². The molecule has 0 aliphatic heterocycles. The van der Waals surface area contributed by atoms with Gasteiger partial charge in [-0.25, -0.2) is 0 Å². The Balaban J connectivity index is 2.06. The lowest BCUT2D eigenvalue weighted by Gasteiger charge is -2.22. The Morgan fingerprint density at radius 3 is 2.87 bits per heavy atom. The molecule has 8 heteroatoms. The minimum absolute atomic E-state index is 0.0132. The molecule has 1 aliphatic rings. The van der Waals surface area contributed by atoms with Gasteiger partial charge in [0.05, 0.1) is 10.2 Å². The molecule has 0 radical (unpaired) electrons. The summed E-state index contributed by atoms with van der Waals surface area (Å²) in [5.74, 6) is -0.407. The van der Waals surface area contributed by atoms with Gasteiger partial charge in [0, 0.05) is 32.5 Å². The van der Waals surface area contributed by atoms with Crippen molar-refractivity contribution in [2.24, 2.45) is 0 Å². The SMILES string of the molecule is COCCCn1c(=C(C#N)C(=O)NC2CCCCC2)sc(=Cc2ccccn2)c1=O. The summed E-state index contributed by atoms with van der Waals surface area (Å²) >= 11 is 1.16. The van der Waals surface area contributed by atoms with Crippen LogP contribution in [0.3, 0.4) is 0 Å². The lowest BCUT2D eigenvalue weighted by Crippen LogP contribution is -2.39. The molecule has 0 atom stereocenters. The highest BCUT2D eigenvalue weighted by molar-refractivity contribution is 7.07. The van der Waals surface area contributed by atoms with Gasteiger partial charge < -0.3 is 10.1 Å². The number of nitrogens with zero attached hydrogens (tertiary/aromatic N) is 3. The zero-order valence-electron chi connectivity index (χ0n) is 17.1. The van der Waals surface area contributed by atoms with Crippen LogP contribution in [0.2, 0.25) is 0 Å². The van der Waals surface area contributed by atoms with Crippen LogP contribution in [0.15, 0.2) is 29.2 Å². The number of thiazole rings is 1. The number of hydrogen-bond acceptors (Lipinski definition) is 6. The molecule has 2 aromatic rings. The number of rotatable bonds is 7. The molecule has 30 heavy (non-hydrogen) atoms. The first-order valence-corrected chi connectivity index (χ1v) is 11.0. The van der Waals surface area contributed by atoms with Crippen LogP contribution in [-0.4, -0.2) is 35.2 Å². The number of carbonyl (C=O) groups excluding carboxylic acids is 1. The smallest absolute Gasteiger partial charge is 0.269 e. The molecule has 1 saturated carbocycles.